The Labute approximate surface area is 805 Å². The highest BCUT2D eigenvalue weighted by atomic mass is 32.2. The summed E-state index contributed by atoms with van der Waals surface area (Å²) < 4.78 is 0.815. The molecule has 0 unspecified atom stereocenters. The number of aliphatic hydroxyl groups excluding tert-OH is 1. The average Bonchev–Trinajstić information content (AvgIpc) is 1.64. The van der Waals surface area contributed by atoms with Crippen molar-refractivity contribution in [2.24, 2.45) is 22.9 Å². The third-order valence-corrected chi connectivity index (χ3v) is 26.5. The van der Waals surface area contributed by atoms with Gasteiger partial charge in [-0.3, -0.25) is 92.3 Å². The summed E-state index contributed by atoms with van der Waals surface area (Å²) in [6.45, 7) is 2.95. The summed E-state index contributed by atoms with van der Waals surface area (Å²) in [6.07, 6.45) is 4.12. The first-order chi connectivity index (χ1) is 65.9. The van der Waals surface area contributed by atoms with Gasteiger partial charge in [0, 0.05) is 112 Å². The first-order valence-electron chi connectivity index (χ1n) is 46.0. The van der Waals surface area contributed by atoms with E-state index in [9.17, 15) is 53.4 Å². The van der Waals surface area contributed by atoms with Gasteiger partial charge in [0.15, 0.2) is 11.9 Å². The lowest BCUT2D eigenvalue weighted by molar-refractivity contribution is -0.149. The zero-order valence-electron chi connectivity index (χ0n) is 78.1. The van der Waals surface area contributed by atoms with Gasteiger partial charge in [0.05, 0.1) is 31.7 Å². The quantitative estimate of drug-likeness (QED) is 0.0133. The van der Waals surface area contributed by atoms with E-state index in [1.54, 1.807) is 41.9 Å². The number of nitrogens with one attached hydrogen (secondary N) is 16. The van der Waals surface area contributed by atoms with Crippen LogP contribution in [-0.2, 0) is 107 Å². The number of aromatic nitrogens is 3. The number of nitrogens with zero attached hydrogens (tertiary/aromatic N) is 6. The predicted molar refractivity (Wildman–Crippen MR) is 512 cm³/mol. The smallest absolute Gasteiger partial charge is 0.246 e. The monoisotopic (exact) mass is 1950 g/mol. The molecule has 26 N–H and O–H groups in total. The summed E-state index contributed by atoms with van der Waals surface area (Å²) >= 11 is 2.11. The van der Waals surface area contributed by atoms with E-state index in [0.29, 0.717) is 64.4 Å². The van der Waals surface area contributed by atoms with Crippen LogP contribution in [0, 0.1) is 10.8 Å². The third-order valence-electron chi connectivity index (χ3n) is 24.5. The highest BCUT2D eigenvalue weighted by Crippen LogP contribution is 2.30. The number of aliphatic hydroxyl groups is 1. The van der Waals surface area contributed by atoms with E-state index in [1.165, 1.54) is 81.1 Å². The fourth-order valence-corrected chi connectivity index (χ4v) is 18.6. The van der Waals surface area contributed by atoms with Crippen molar-refractivity contribution in [2.45, 2.75) is 227 Å². The molecule has 0 spiro atoms. The lowest BCUT2D eigenvalue weighted by Gasteiger charge is -2.36. The molecular weight excluding hydrogens is 1830 g/mol. The number of guanidine groups is 2. The summed E-state index contributed by atoms with van der Waals surface area (Å²) in [6, 6.07) is -1.71. The minimum absolute atomic E-state index is 0.00192. The number of primary amides is 2. The maximum absolute atomic E-state index is 15.8. The number of aromatic hydroxyl groups is 1. The Morgan fingerprint density at radius 3 is 1.63 bits per heavy atom. The average molecular weight is 1950 g/mol. The largest absolute Gasteiger partial charge is 0.508 e. The van der Waals surface area contributed by atoms with Crippen molar-refractivity contribution in [1.82, 2.24) is 103 Å². The maximum Gasteiger partial charge on any atom is 0.246 e. The Kier molecular flexibility index (Phi) is 40.9. The van der Waals surface area contributed by atoms with Crippen LogP contribution in [0.1, 0.15) is 139 Å². The number of fused-ring (bicyclic) bond motifs is 4. The summed E-state index contributed by atoms with van der Waals surface area (Å²) in [7, 11) is 3.92. The van der Waals surface area contributed by atoms with E-state index in [1.807, 2.05) is 32.0 Å². The molecule has 0 radical (unpaired) electrons. The van der Waals surface area contributed by atoms with Gasteiger partial charge < -0.3 is 131 Å². The number of hydrogen-bond donors (Lipinski definition) is 22. The molecule has 9 rings (SSSR count). The SMILES string of the molecule is CCCC[C@H]1C(=O)N(C)[C@@H](CCCC)C(=O)N[C@@H](CCCNC(=N)N)C(=O)N[C@H](C(=O)NCC(N)=O)CSCC(=O)N[C@@H](Cc2ccc(O)cc2)C(=O)N(C)[C@@H](C)C(=O)N[C@@H](CC(N)=O)C(=O)N2CCC[C@H]2C(=O)N[C@@H](Cc2cnc[nH]2)C(=O)N[C@@H](CCCNC(=N)N)C(=O)N2CCC[C@H]2C(=O)N[C@@H](Cc2c[nH]c3ccccc23)C(=O)N[C@@H](CO)C(=O)N[C@@H](Cc2csc3ccccc23)C(=O)N1C. The molecule has 748 valence electrons. The highest BCUT2D eigenvalue weighted by Gasteiger charge is 2.46. The summed E-state index contributed by atoms with van der Waals surface area (Å²) in [5.41, 5.74) is 24.9. The number of para-hydroxylation sites is 1. The fraction of sp³-hybridized carbons (Fsp3) is 0.516. The summed E-state index contributed by atoms with van der Waals surface area (Å²) in [4.78, 5) is 267. The number of thiophene rings is 1. The number of H-pyrrole nitrogens is 2. The highest BCUT2D eigenvalue weighted by molar-refractivity contribution is 8.00. The number of thioether (sulfide) groups is 1. The molecule has 3 fully saturated rings. The van der Waals surface area contributed by atoms with Crippen molar-refractivity contribution in [3.8, 4) is 5.75 Å². The number of carbonyl (C=O) groups is 17. The van der Waals surface area contributed by atoms with E-state index in [-0.39, 0.29) is 122 Å². The molecule has 3 aromatic carbocycles. The number of imidazole rings is 1. The number of nitrogens with two attached hydrogens (primary N) is 4. The molecule has 45 nitrogen and oxygen atoms in total. The Balaban J connectivity index is 1.11. The molecule has 3 aliphatic heterocycles. The van der Waals surface area contributed by atoms with Crippen molar-refractivity contribution >= 4 is 156 Å². The van der Waals surface area contributed by atoms with E-state index < -0.39 is 228 Å². The number of rotatable bonds is 28. The Hall–Kier alpha value is -14.0. The summed E-state index contributed by atoms with van der Waals surface area (Å²) in [5.74, 6) is -17.8. The van der Waals surface area contributed by atoms with Gasteiger partial charge in [-0.15, -0.1) is 23.1 Å². The van der Waals surface area contributed by atoms with Gasteiger partial charge in [0.2, 0.25) is 100 Å². The van der Waals surface area contributed by atoms with Crippen LogP contribution in [0.3, 0.4) is 0 Å². The number of unbranched alkanes of at least 4 members (excludes halogenated alkanes) is 2. The molecule has 0 bridgehead atoms. The van der Waals surface area contributed by atoms with Crippen LogP contribution in [0.15, 0.2) is 96.9 Å². The zero-order chi connectivity index (χ0) is 101. The molecule has 3 aliphatic rings. The molecule has 3 aromatic heterocycles. The molecule has 14 atom stereocenters. The Morgan fingerprint density at radius 1 is 0.507 bits per heavy atom. The van der Waals surface area contributed by atoms with Crippen molar-refractivity contribution in [1.29, 1.82) is 10.8 Å². The van der Waals surface area contributed by atoms with E-state index >= 15 is 38.4 Å². The molecule has 138 heavy (non-hydrogen) atoms. The van der Waals surface area contributed by atoms with Crippen LogP contribution in [0.2, 0.25) is 0 Å². The number of phenolic OH excluding ortho intramolecular Hbond substituents is 1. The van der Waals surface area contributed by atoms with E-state index in [2.05, 4.69) is 78.8 Å². The van der Waals surface area contributed by atoms with E-state index in [4.69, 9.17) is 33.8 Å². The van der Waals surface area contributed by atoms with Gasteiger partial charge in [-0.1, -0.05) is 88.1 Å². The lowest BCUT2D eigenvalue weighted by atomic mass is 10.00. The van der Waals surface area contributed by atoms with Crippen LogP contribution in [0.5, 0.6) is 5.75 Å². The van der Waals surface area contributed by atoms with Gasteiger partial charge >= 0.3 is 0 Å². The number of amides is 17. The molecule has 6 aromatic rings. The standard InChI is InChI=1S/C91H128N26O19S2/c1-7-9-24-68-82(129)105-59(22-15-33-99-90(94)95)78(125)112-67(77(124)102-44-74(93)121)47-137-48-75(122)104-63(37-51-29-31-55(119)32-30-51)85(132)113(4)50(3)76(123)109-65(41-73(92)120)88(135)117-36-18-27-70(117)84(131)108-62(40-54-43-98-49-103-54)80(127)106-60(23-16-34-100-91(96)97)87(134)116-35-17-26-69(116)83(130)107-61(38-52-42-101-58-21-13-11-19-56(52)58)79(126)111-66(45-118)81(128)110-64(39-53-46-138-72-28-14-12-20-57(53)72)86(133)115(6)71(25-10-8-2)89(136)114(68)5/h11-14,19-21,28-32,42-43,46,49-50,59-71,101,118-119H,7-10,15-18,22-27,33-41,44-45,47-48H2,1-6H3,(H2,92,120)(H2,93,121)(H,98,103)(H,102,124)(H,104,122)(H,105,129)(H,106,127)(H,107,130)(H,108,131)(H,109,123)(H,110,128)(H,111,126)(H,112,125)(H4,94,95,99)(H4,96,97,100)/t50-,59-,60-,61-,62-,63-,64-,65-,66-,67-,68-,69-,70-,71-/m0/s1. The van der Waals surface area contributed by atoms with Crippen molar-refractivity contribution in [2.75, 3.05) is 72.0 Å². The van der Waals surface area contributed by atoms with Crippen LogP contribution in [0.4, 0.5) is 0 Å². The van der Waals surface area contributed by atoms with Crippen LogP contribution < -0.4 is 86.7 Å². The second-order valence-electron chi connectivity index (χ2n) is 34.5. The second-order valence-corrected chi connectivity index (χ2v) is 36.5. The molecule has 3 saturated heterocycles. The van der Waals surface area contributed by atoms with Gasteiger partial charge in [0.1, 0.15) is 90.3 Å². The van der Waals surface area contributed by atoms with Gasteiger partial charge in [-0.2, -0.15) is 0 Å². The first-order valence-corrected chi connectivity index (χ1v) is 48.0. The van der Waals surface area contributed by atoms with Crippen LogP contribution in [0.25, 0.3) is 21.0 Å². The predicted octanol–water partition coefficient (Wildman–Crippen LogP) is -2.95. The minimum atomic E-state index is -1.87. The van der Waals surface area contributed by atoms with Gasteiger partial charge in [-0.25, -0.2) is 4.98 Å². The van der Waals surface area contributed by atoms with Crippen molar-refractivity contribution < 1.29 is 91.7 Å². The van der Waals surface area contributed by atoms with Crippen LogP contribution >= 0.6 is 23.1 Å². The Bertz CT molecular complexity index is 5330. The number of aromatic amines is 2. The first kappa shape index (κ1) is 108. The molecule has 0 saturated carbocycles. The molecule has 0 aliphatic carbocycles. The molecule has 6 heterocycles. The van der Waals surface area contributed by atoms with E-state index in [0.717, 1.165) is 36.1 Å². The summed E-state index contributed by atoms with van der Waals surface area (Å²) in [5, 5.41) is 72.3. The maximum atomic E-state index is 15.8. The molecular formula is C91H128N26O19S2. The number of hydrogen-bond acceptors (Lipinski definition) is 24. The Morgan fingerprint density at radius 2 is 1.03 bits per heavy atom. The number of phenols is 1. The van der Waals surface area contributed by atoms with Crippen LogP contribution in [-0.4, -0.2) is 319 Å². The number of carbonyl (C=O) groups excluding carboxylic acids is 17. The topological polar surface area (TPSA) is 687 Å². The normalized spacial score (nSPS) is 23.8. The lowest BCUT2D eigenvalue weighted by Crippen LogP contribution is -2.62. The number of likely N-dealkylation sites (N-methyl/N-ethyl adjacent to an activating group) is 3. The third kappa shape index (κ3) is 30.5. The number of benzene rings is 3. The molecule has 17 amide bonds. The molecule has 47 heteroatoms. The van der Waals surface area contributed by atoms with Gasteiger partial charge in [-0.05, 0) is 123 Å². The van der Waals surface area contributed by atoms with Gasteiger partial charge in [0.25, 0.3) is 0 Å². The van der Waals surface area contributed by atoms with Crippen molar-refractivity contribution in [3.63, 3.8) is 0 Å². The second kappa shape index (κ2) is 52.4. The zero-order valence-corrected chi connectivity index (χ0v) is 79.7. The fourth-order valence-electron chi connectivity index (χ4n) is 16.8. The van der Waals surface area contributed by atoms with Crippen molar-refractivity contribution in [3.05, 3.63) is 119 Å². The minimum Gasteiger partial charge on any atom is -0.508 e.